The molecule has 0 unspecified atom stereocenters. The molecule has 0 aliphatic carbocycles. The highest BCUT2D eigenvalue weighted by molar-refractivity contribution is 7.92. The molecule has 3 aromatic carbocycles. The van der Waals surface area contributed by atoms with Crippen molar-refractivity contribution in [1.82, 2.24) is 10.2 Å². The third-order valence-corrected chi connectivity index (χ3v) is 9.30. The Kier molecular flexibility index (Phi) is 11.3. The summed E-state index contributed by atoms with van der Waals surface area (Å²) in [6.07, 6.45) is 0.681. The minimum atomic E-state index is -4.30. The molecule has 0 radical (unpaired) electrons. The first-order chi connectivity index (χ1) is 19.4. The Morgan fingerprint density at radius 3 is 2.17 bits per heavy atom. The molecule has 12 heteroatoms. The van der Waals surface area contributed by atoms with Gasteiger partial charge in [-0.25, -0.2) is 8.42 Å². The average molecular weight is 641 g/mol. The van der Waals surface area contributed by atoms with E-state index in [0.29, 0.717) is 22.0 Å². The second-order valence-corrected chi connectivity index (χ2v) is 12.5. The van der Waals surface area contributed by atoms with E-state index in [1.807, 2.05) is 13.8 Å². The summed E-state index contributed by atoms with van der Waals surface area (Å²) in [6, 6.07) is 15.9. The number of rotatable bonds is 12. The highest BCUT2D eigenvalue weighted by atomic mass is 35.5. The summed E-state index contributed by atoms with van der Waals surface area (Å²) in [4.78, 5) is 28.5. The average Bonchev–Trinajstić information content (AvgIpc) is 2.95. The molecule has 0 heterocycles. The number of hydrogen-bond donors (Lipinski definition) is 1. The van der Waals surface area contributed by atoms with Gasteiger partial charge in [-0.05, 0) is 62.7 Å². The highest BCUT2D eigenvalue weighted by Gasteiger charge is 2.34. The lowest BCUT2D eigenvalue weighted by Gasteiger charge is -2.33. The molecule has 0 fully saturated rings. The molecule has 3 aromatic rings. The zero-order valence-corrected chi connectivity index (χ0v) is 26.2. The number of nitrogens with zero attached hydrogens (tertiary/aromatic N) is 2. The molecule has 0 spiro atoms. The molecule has 2 atom stereocenters. The van der Waals surface area contributed by atoms with E-state index < -0.39 is 34.4 Å². The van der Waals surface area contributed by atoms with E-state index in [2.05, 4.69) is 5.32 Å². The second kappa shape index (κ2) is 14.3. The van der Waals surface area contributed by atoms with Gasteiger partial charge in [-0.1, -0.05) is 66.0 Å². The van der Waals surface area contributed by atoms with Crippen LogP contribution < -0.4 is 14.4 Å². The molecule has 0 aliphatic heterocycles. The zero-order chi connectivity index (χ0) is 30.3. The van der Waals surface area contributed by atoms with E-state index >= 15 is 0 Å². The number of ether oxygens (including phenoxy) is 1. The van der Waals surface area contributed by atoms with E-state index in [4.69, 9.17) is 39.5 Å². The fourth-order valence-electron chi connectivity index (χ4n) is 3.99. The molecular formula is C29H32Cl3N3O5S. The lowest BCUT2D eigenvalue weighted by molar-refractivity contribution is -0.139. The van der Waals surface area contributed by atoms with Gasteiger partial charge in [0, 0.05) is 33.2 Å². The quantitative estimate of drug-likeness (QED) is 0.255. The Labute approximate surface area is 256 Å². The molecule has 2 amide bonds. The Morgan fingerprint density at radius 2 is 1.59 bits per heavy atom. The Bertz CT molecular complexity index is 1470. The number of benzene rings is 3. The topological polar surface area (TPSA) is 96.0 Å². The SMILES string of the molecule is CC[C@H](C)NC(=O)[C@H](C)N(Cc1c(Cl)cccc1Cl)C(=O)CN(c1cc(Cl)ccc1OC)S(=O)(=O)c1ccccc1. The molecule has 0 aromatic heterocycles. The molecule has 41 heavy (non-hydrogen) atoms. The molecule has 3 rings (SSSR count). The molecule has 220 valence electrons. The number of nitrogens with one attached hydrogen (secondary N) is 1. The number of amides is 2. The van der Waals surface area contributed by atoms with Gasteiger partial charge in [0.25, 0.3) is 10.0 Å². The summed E-state index contributed by atoms with van der Waals surface area (Å²) in [5.41, 5.74) is 0.481. The third-order valence-electron chi connectivity index (χ3n) is 6.58. The van der Waals surface area contributed by atoms with Gasteiger partial charge in [-0.2, -0.15) is 0 Å². The lowest BCUT2D eigenvalue weighted by Crippen LogP contribution is -2.52. The molecule has 1 N–H and O–H groups in total. The normalized spacial score (nSPS) is 12.8. The van der Waals surface area contributed by atoms with Crippen LogP contribution in [0.3, 0.4) is 0 Å². The monoisotopic (exact) mass is 639 g/mol. The Hall–Kier alpha value is -2.98. The second-order valence-electron chi connectivity index (χ2n) is 9.36. The summed E-state index contributed by atoms with van der Waals surface area (Å²) >= 11 is 19.1. The van der Waals surface area contributed by atoms with Gasteiger partial charge in [0.1, 0.15) is 18.3 Å². The van der Waals surface area contributed by atoms with Crippen LogP contribution in [-0.2, 0) is 26.2 Å². The molecule has 8 nitrogen and oxygen atoms in total. The molecule has 0 saturated carbocycles. The van der Waals surface area contributed by atoms with Gasteiger partial charge < -0.3 is 15.0 Å². The third kappa shape index (κ3) is 7.86. The van der Waals surface area contributed by atoms with Crippen molar-refractivity contribution in [3.05, 3.63) is 87.4 Å². The van der Waals surface area contributed by atoms with Crippen molar-refractivity contribution >= 4 is 62.3 Å². The van der Waals surface area contributed by atoms with Crippen LogP contribution in [0.5, 0.6) is 5.75 Å². The number of anilines is 1. The summed E-state index contributed by atoms with van der Waals surface area (Å²) in [6.45, 7) is 4.53. The van der Waals surface area contributed by atoms with Crippen molar-refractivity contribution in [3.8, 4) is 5.75 Å². The first kappa shape index (κ1) is 32.5. The predicted molar refractivity (Wildman–Crippen MR) is 163 cm³/mol. The molecule has 0 aliphatic rings. The predicted octanol–water partition coefficient (Wildman–Crippen LogP) is 6.18. The molecule has 0 bridgehead atoms. The van der Waals surface area contributed by atoms with Crippen LogP contribution in [0.1, 0.15) is 32.8 Å². The van der Waals surface area contributed by atoms with Crippen molar-refractivity contribution in [2.24, 2.45) is 0 Å². The summed E-state index contributed by atoms with van der Waals surface area (Å²) < 4.78 is 34.3. The maximum atomic E-state index is 14.1. The molecule has 0 saturated heterocycles. The van der Waals surface area contributed by atoms with E-state index in [-0.39, 0.29) is 33.9 Å². The van der Waals surface area contributed by atoms with Gasteiger partial charge in [0.15, 0.2) is 0 Å². The summed E-state index contributed by atoms with van der Waals surface area (Å²) in [7, 11) is -2.91. The number of carbonyl (C=O) groups is 2. The zero-order valence-electron chi connectivity index (χ0n) is 23.1. The fraction of sp³-hybridized carbons (Fsp3) is 0.310. The first-order valence-electron chi connectivity index (χ1n) is 12.8. The minimum Gasteiger partial charge on any atom is -0.495 e. The van der Waals surface area contributed by atoms with Crippen LogP contribution in [0.25, 0.3) is 0 Å². The van der Waals surface area contributed by atoms with E-state index in [1.54, 1.807) is 49.4 Å². The molecular weight excluding hydrogens is 609 g/mol. The summed E-state index contributed by atoms with van der Waals surface area (Å²) in [5.74, 6) is -0.895. The standard InChI is InChI=1S/C29H32Cl3N3O5S/c1-5-19(2)33-29(37)20(3)34(17-23-24(31)12-9-13-25(23)32)28(36)18-35(26-16-21(30)14-15-27(26)40-4)41(38,39)22-10-7-6-8-11-22/h6-16,19-20H,5,17-18H2,1-4H3,(H,33,37)/t19-,20-/m0/s1. The van der Waals surface area contributed by atoms with Gasteiger partial charge in [0.05, 0.1) is 17.7 Å². The van der Waals surface area contributed by atoms with Crippen LogP contribution in [0, 0.1) is 0 Å². The van der Waals surface area contributed by atoms with E-state index in [9.17, 15) is 18.0 Å². The fourth-order valence-corrected chi connectivity index (χ4v) is 6.11. The number of sulfonamides is 1. The van der Waals surface area contributed by atoms with E-state index in [0.717, 1.165) is 4.31 Å². The maximum Gasteiger partial charge on any atom is 0.264 e. The number of methoxy groups -OCH3 is 1. The largest absolute Gasteiger partial charge is 0.495 e. The summed E-state index contributed by atoms with van der Waals surface area (Å²) in [5, 5.41) is 3.72. The first-order valence-corrected chi connectivity index (χ1v) is 15.4. The van der Waals surface area contributed by atoms with Crippen molar-refractivity contribution in [1.29, 1.82) is 0 Å². The number of hydrogen-bond acceptors (Lipinski definition) is 5. The minimum absolute atomic E-state index is 0.0434. The van der Waals surface area contributed by atoms with E-state index in [1.165, 1.54) is 36.3 Å². The highest BCUT2D eigenvalue weighted by Crippen LogP contribution is 2.35. The van der Waals surface area contributed by atoms with Crippen LogP contribution >= 0.6 is 34.8 Å². The Morgan fingerprint density at radius 1 is 0.951 bits per heavy atom. The van der Waals surface area contributed by atoms with Crippen LogP contribution in [0.2, 0.25) is 15.1 Å². The number of carbonyl (C=O) groups excluding carboxylic acids is 2. The van der Waals surface area contributed by atoms with Crippen LogP contribution in [-0.4, -0.2) is 50.9 Å². The smallest absolute Gasteiger partial charge is 0.264 e. The van der Waals surface area contributed by atoms with Crippen molar-refractivity contribution in [2.75, 3.05) is 18.0 Å². The maximum absolute atomic E-state index is 14.1. The van der Waals surface area contributed by atoms with Crippen molar-refractivity contribution in [3.63, 3.8) is 0 Å². The van der Waals surface area contributed by atoms with Crippen LogP contribution in [0.4, 0.5) is 5.69 Å². The van der Waals surface area contributed by atoms with Crippen LogP contribution in [0.15, 0.2) is 71.6 Å². The van der Waals surface area contributed by atoms with Gasteiger partial charge >= 0.3 is 0 Å². The van der Waals surface area contributed by atoms with Gasteiger partial charge in [-0.15, -0.1) is 0 Å². The Balaban J connectivity index is 2.12. The van der Waals surface area contributed by atoms with Gasteiger partial charge in [-0.3, -0.25) is 13.9 Å². The van der Waals surface area contributed by atoms with Gasteiger partial charge in [0.2, 0.25) is 11.8 Å². The van der Waals surface area contributed by atoms with Crippen molar-refractivity contribution in [2.45, 2.75) is 50.7 Å². The van der Waals surface area contributed by atoms with Crippen molar-refractivity contribution < 1.29 is 22.7 Å². The number of halogens is 3. The lowest BCUT2D eigenvalue weighted by atomic mass is 10.1.